The van der Waals surface area contributed by atoms with Gasteiger partial charge in [0, 0.05) is 18.7 Å². The van der Waals surface area contributed by atoms with Gasteiger partial charge in [-0.05, 0) is 13.0 Å². The Morgan fingerprint density at radius 3 is 2.92 bits per heavy atom. The normalized spacial score (nSPS) is 11.2. The highest BCUT2D eigenvalue weighted by atomic mass is 35.5. The summed E-state index contributed by atoms with van der Waals surface area (Å²) in [6.07, 6.45) is 2.80. The maximum atomic E-state index is 8.37. The largest absolute Gasteiger partial charge is 0.394 e. The second-order valence-corrected chi connectivity index (χ2v) is 2.51. The third kappa shape index (κ3) is 9.91. The number of rotatable bonds is 8. The quantitative estimate of drug-likeness (QED) is 0.559. The van der Waals surface area contributed by atoms with Gasteiger partial charge in [-0.15, -0.1) is 0 Å². The lowest BCUT2D eigenvalue weighted by molar-refractivity contribution is 0.0909. The second-order valence-electron chi connectivity index (χ2n) is 2.26. The predicted molar refractivity (Wildman–Crippen MR) is 50.4 cm³/mol. The van der Waals surface area contributed by atoms with Gasteiger partial charge in [-0.25, -0.2) is 0 Å². The molecular formula is C8H16ClNO2. The Labute approximate surface area is 78.4 Å². The van der Waals surface area contributed by atoms with E-state index in [-0.39, 0.29) is 6.61 Å². The van der Waals surface area contributed by atoms with Crippen molar-refractivity contribution in [3.63, 3.8) is 0 Å². The molecule has 0 aliphatic heterocycles. The van der Waals surface area contributed by atoms with Crippen LogP contribution in [0.4, 0.5) is 0 Å². The first-order chi connectivity index (χ1) is 5.91. The molecule has 0 saturated carbocycles. The summed E-state index contributed by atoms with van der Waals surface area (Å²) in [5, 5.41) is 11.5. The number of hydrogen-bond donors (Lipinski definition) is 2. The van der Waals surface area contributed by atoms with E-state index in [4.69, 9.17) is 21.4 Å². The van der Waals surface area contributed by atoms with Gasteiger partial charge in [0.2, 0.25) is 0 Å². The van der Waals surface area contributed by atoms with Crippen molar-refractivity contribution in [3.8, 4) is 0 Å². The maximum Gasteiger partial charge on any atom is 0.0697 e. The van der Waals surface area contributed by atoms with Crippen molar-refractivity contribution in [2.24, 2.45) is 0 Å². The highest BCUT2D eigenvalue weighted by Crippen LogP contribution is 1.81. The van der Waals surface area contributed by atoms with Gasteiger partial charge < -0.3 is 15.2 Å². The molecule has 0 aliphatic rings. The van der Waals surface area contributed by atoms with Crippen molar-refractivity contribution in [1.82, 2.24) is 5.32 Å². The monoisotopic (exact) mass is 193 g/mol. The molecule has 0 fully saturated rings. The van der Waals surface area contributed by atoms with E-state index in [1.807, 2.05) is 6.08 Å². The van der Waals surface area contributed by atoms with Gasteiger partial charge in [0.05, 0.1) is 13.2 Å². The Bertz CT molecular complexity index is 109. The molecule has 0 heterocycles. The molecule has 4 heteroatoms. The van der Waals surface area contributed by atoms with Crippen LogP contribution in [0, 0.1) is 0 Å². The minimum atomic E-state index is 0.0996. The predicted octanol–water partition coefficient (Wildman–Crippen LogP) is 0.727. The van der Waals surface area contributed by atoms with Crippen molar-refractivity contribution < 1.29 is 9.84 Å². The van der Waals surface area contributed by atoms with E-state index >= 15 is 0 Å². The molecule has 0 saturated heterocycles. The molecule has 12 heavy (non-hydrogen) atoms. The third-order valence-corrected chi connectivity index (χ3v) is 1.41. The van der Waals surface area contributed by atoms with Crippen LogP contribution in [0.5, 0.6) is 0 Å². The van der Waals surface area contributed by atoms with Crippen LogP contribution >= 0.6 is 11.6 Å². The van der Waals surface area contributed by atoms with E-state index < -0.39 is 0 Å². The van der Waals surface area contributed by atoms with E-state index in [9.17, 15) is 0 Å². The average Bonchev–Trinajstić information content (AvgIpc) is 2.10. The zero-order valence-corrected chi connectivity index (χ0v) is 7.89. The Morgan fingerprint density at radius 1 is 1.42 bits per heavy atom. The smallest absolute Gasteiger partial charge is 0.0697 e. The molecular weight excluding hydrogens is 178 g/mol. The summed E-state index contributed by atoms with van der Waals surface area (Å²) in [7, 11) is 0. The molecule has 0 radical (unpaired) electrons. The number of nitrogens with one attached hydrogen (secondary N) is 1. The summed E-state index contributed by atoms with van der Waals surface area (Å²) in [4.78, 5) is 0. The SMILES string of the molecule is OCCOCCCNC/C=C/Cl. The molecule has 3 nitrogen and oxygen atoms in total. The molecule has 0 aromatic heterocycles. The van der Waals surface area contributed by atoms with Crippen LogP contribution in [-0.4, -0.2) is 38.0 Å². The first-order valence-electron chi connectivity index (χ1n) is 4.06. The third-order valence-electron chi connectivity index (χ3n) is 1.23. The number of hydrogen-bond acceptors (Lipinski definition) is 3. The van der Waals surface area contributed by atoms with Crippen molar-refractivity contribution in [3.05, 3.63) is 11.6 Å². The summed E-state index contributed by atoms with van der Waals surface area (Å²) < 4.78 is 5.06. The van der Waals surface area contributed by atoms with E-state index in [0.717, 1.165) is 19.5 Å². The Kier molecular flexibility index (Phi) is 10.8. The van der Waals surface area contributed by atoms with Gasteiger partial charge in [-0.2, -0.15) is 0 Å². The summed E-state index contributed by atoms with van der Waals surface area (Å²) >= 11 is 5.31. The van der Waals surface area contributed by atoms with Crippen LogP contribution in [0.15, 0.2) is 11.6 Å². The molecule has 0 unspecified atom stereocenters. The van der Waals surface area contributed by atoms with Crippen molar-refractivity contribution >= 4 is 11.6 Å². The molecule has 0 aromatic rings. The summed E-state index contributed by atoms with van der Waals surface area (Å²) in [6.45, 7) is 2.93. The highest BCUT2D eigenvalue weighted by molar-refractivity contribution is 6.25. The average molecular weight is 194 g/mol. The first-order valence-corrected chi connectivity index (χ1v) is 4.50. The topological polar surface area (TPSA) is 41.5 Å². The molecule has 0 amide bonds. The van der Waals surface area contributed by atoms with Crippen molar-refractivity contribution in [2.75, 3.05) is 32.9 Å². The van der Waals surface area contributed by atoms with Crippen molar-refractivity contribution in [1.29, 1.82) is 0 Å². The van der Waals surface area contributed by atoms with E-state index in [0.29, 0.717) is 13.2 Å². The molecule has 0 aliphatic carbocycles. The lowest BCUT2D eigenvalue weighted by atomic mass is 10.4. The minimum Gasteiger partial charge on any atom is -0.394 e. The Balaban J connectivity index is 2.81. The molecule has 0 bridgehead atoms. The zero-order valence-electron chi connectivity index (χ0n) is 7.13. The van der Waals surface area contributed by atoms with Gasteiger partial charge in [0.25, 0.3) is 0 Å². The Morgan fingerprint density at radius 2 is 2.25 bits per heavy atom. The van der Waals surface area contributed by atoms with Crippen molar-refractivity contribution in [2.45, 2.75) is 6.42 Å². The minimum absolute atomic E-state index is 0.0996. The summed E-state index contributed by atoms with van der Waals surface area (Å²) in [5.41, 5.74) is 1.50. The Hall–Kier alpha value is -0.0900. The van der Waals surface area contributed by atoms with Crippen LogP contribution in [-0.2, 0) is 4.74 Å². The fourth-order valence-corrected chi connectivity index (χ4v) is 0.785. The van der Waals surface area contributed by atoms with Gasteiger partial charge in [-0.3, -0.25) is 0 Å². The van der Waals surface area contributed by atoms with Crippen LogP contribution in [0.25, 0.3) is 0 Å². The number of aliphatic hydroxyl groups is 1. The first kappa shape index (κ1) is 11.9. The molecule has 2 N–H and O–H groups in total. The van der Waals surface area contributed by atoms with Crippen LogP contribution in [0.1, 0.15) is 6.42 Å². The van der Waals surface area contributed by atoms with Crippen LogP contribution in [0.2, 0.25) is 0 Å². The van der Waals surface area contributed by atoms with E-state index in [1.165, 1.54) is 5.54 Å². The molecule has 0 spiro atoms. The van der Waals surface area contributed by atoms with Gasteiger partial charge in [-0.1, -0.05) is 17.7 Å². The van der Waals surface area contributed by atoms with Crippen LogP contribution < -0.4 is 5.32 Å². The van der Waals surface area contributed by atoms with Gasteiger partial charge in [0.1, 0.15) is 0 Å². The highest BCUT2D eigenvalue weighted by Gasteiger charge is 1.86. The van der Waals surface area contributed by atoms with E-state index in [1.54, 1.807) is 0 Å². The number of halogens is 1. The maximum absolute atomic E-state index is 8.37. The standard InChI is InChI=1S/C8H16ClNO2/c9-3-1-4-10-5-2-7-12-8-6-11/h1,3,10-11H,2,4-8H2/b3-1+. The molecule has 0 rings (SSSR count). The van der Waals surface area contributed by atoms with Crippen LogP contribution in [0.3, 0.4) is 0 Å². The lowest BCUT2D eigenvalue weighted by Gasteiger charge is -2.02. The van der Waals surface area contributed by atoms with E-state index in [2.05, 4.69) is 5.32 Å². The van der Waals surface area contributed by atoms with Gasteiger partial charge >= 0.3 is 0 Å². The molecule has 72 valence electrons. The fourth-order valence-electron chi connectivity index (χ4n) is 0.696. The summed E-state index contributed by atoms with van der Waals surface area (Å²) in [6, 6.07) is 0. The summed E-state index contributed by atoms with van der Waals surface area (Å²) in [5.74, 6) is 0. The number of aliphatic hydroxyl groups excluding tert-OH is 1. The molecule has 0 aromatic carbocycles. The number of ether oxygens (including phenoxy) is 1. The zero-order chi connectivity index (χ0) is 9.07. The van der Waals surface area contributed by atoms with Gasteiger partial charge in [0.15, 0.2) is 0 Å². The second kappa shape index (κ2) is 10.9. The molecule has 0 atom stereocenters. The lowest BCUT2D eigenvalue weighted by Crippen LogP contribution is -2.16. The fraction of sp³-hybridized carbons (Fsp3) is 0.750.